The van der Waals surface area contributed by atoms with Crippen LogP contribution in [0.1, 0.15) is 67.4 Å². The van der Waals surface area contributed by atoms with Gasteiger partial charge in [0.25, 0.3) is 0 Å². The van der Waals surface area contributed by atoms with Crippen LogP contribution < -0.4 is 11.0 Å². The largest absolute Gasteiger partial charge is 0.493 e. The lowest BCUT2D eigenvalue weighted by Gasteiger charge is -2.31. The van der Waals surface area contributed by atoms with E-state index in [1.165, 1.54) is 36.7 Å². The second kappa shape index (κ2) is 8.13. The van der Waals surface area contributed by atoms with E-state index in [0.29, 0.717) is 45.1 Å². The highest BCUT2D eigenvalue weighted by Gasteiger charge is 2.48. The third kappa shape index (κ3) is 3.22. The zero-order chi connectivity index (χ0) is 22.6. The van der Waals surface area contributed by atoms with Crippen LogP contribution in [0.3, 0.4) is 0 Å². The van der Waals surface area contributed by atoms with Crippen LogP contribution in [0.25, 0.3) is 5.69 Å². The van der Waals surface area contributed by atoms with Crippen molar-refractivity contribution in [2.75, 3.05) is 13.1 Å². The van der Waals surface area contributed by atoms with Crippen molar-refractivity contribution >= 4 is 28.9 Å². The number of imidazole rings is 1. The number of likely N-dealkylation sites (tertiary alicyclic amines) is 1. The summed E-state index contributed by atoms with van der Waals surface area (Å²) < 4.78 is 3.00. The van der Waals surface area contributed by atoms with Gasteiger partial charge in [-0.3, -0.25) is 4.57 Å². The highest BCUT2D eigenvalue weighted by Crippen LogP contribution is 2.48. The molecule has 3 heterocycles. The lowest BCUT2D eigenvalue weighted by Crippen LogP contribution is -2.44. The number of rotatable bonds is 3. The molecular weight excluding hydrogens is 446 g/mol. The average Bonchev–Trinajstić information content (AvgIpc) is 3.47. The maximum absolute atomic E-state index is 13.3. The second-order valence-corrected chi connectivity index (χ2v) is 9.89. The van der Waals surface area contributed by atoms with Gasteiger partial charge in [-0.1, -0.05) is 30.9 Å². The molecule has 0 amide bonds. The topological polar surface area (TPSA) is 86.2 Å². The molecule has 1 saturated heterocycles. The Balaban J connectivity index is 1.43. The first-order valence-corrected chi connectivity index (χ1v) is 12.0. The Morgan fingerprint density at radius 1 is 1.34 bits per heavy atom. The number of hydrogen-bond acceptors (Lipinski definition) is 4. The van der Waals surface area contributed by atoms with Gasteiger partial charge in [0, 0.05) is 13.1 Å². The molecule has 1 aliphatic carbocycles. The highest BCUT2D eigenvalue weighted by molar-refractivity contribution is 7.80. The average molecular weight is 472 g/mol. The quantitative estimate of drug-likeness (QED) is 0.659. The summed E-state index contributed by atoms with van der Waals surface area (Å²) in [5.74, 6) is 0.587. The third-order valence-electron chi connectivity index (χ3n) is 7.30. The van der Waals surface area contributed by atoms with E-state index in [9.17, 15) is 15.2 Å². The SMILES string of the molecule is Cc1c(-n2c(O)c3n(c2=O)[C@H]2C[C@@H]3N(C(=S)NCC3CCCCC3)C2)ccc(C#N)c1Cl. The summed E-state index contributed by atoms with van der Waals surface area (Å²) in [7, 11) is 0. The molecule has 2 bridgehead atoms. The minimum Gasteiger partial charge on any atom is -0.493 e. The molecule has 9 heteroatoms. The van der Waals surface area contributed by atoms with Crippen molar-refractivity contribution in [3.63, 3.8) is 0 Å². The summed E-state index contributed by atoms with van der Waals surface area (Å²) >= 11 is 12.0. The van der Waals surface area contributed by atoms with Crippen LogP contribution in [0.4, 0.5) is 0 Å². The number of thiocarbonyl (C=S) groups is 1. The van der Waals surface area contributed by atoms with Crippen molar-refractivity contribution in [3.8, 4) is 17.6 Å². The molecule has 0 spiro atoms. The molecule has 1 aromatic heterocycles. The van der Waals surface area contributed by atoms with Gasteiger partial charge >= 0.3 is 5.69 Å². The van der Waals surface area contributed by atoms with E-state index in [1.807, 2.05) is 6.07 Å². The molecule has 1 aromatic carbocycles. The fourth-order valence-corrected chi connectivity index (χ4v) is 6.10. The van der Waals surface area contributed by atoms with Gasteiger partial charge in [0.05, 0.1) is 28.4 Å². The fraction of sp³-hybridized carbons (Fsp3) is 0.522. The summed E-state index contributed by atoms with van der Waals surface area (Å²) in [6, 6.07) is 5.12. The summed E-state index contributed by atoms with van der Waals surface area (Å²) in [5, 5.41) is 24.8. The Morgan fingerprint density at radius 2 is 2.09 bits per heavy atom. The maximum Gasteiger partial charge on any atom is 0.336 e. The Bertz CT molecular complexity index is 1190. The van der Waals surface area contributed by atoms with E-state index in [2.05, 4.69) is 10.2 Å². The van der Waals surface area contributed by atoms with Crippen molar-refractivity contribution in [2.24, 2.45) is 5.92 Å². The van der Waals surface area contributed by atoms with Crippen molar-refractivity contribution < 1.29 is 5.11 Å². The van der Waals surface area contributed by atoms with E-state index in [1.54, 1.807) is 23.6 Å². The first-order valence-electron chi connectivity index (χ1n) is 11.2. The number of nitrogens with one attached hydrogen (secondary N) is 1. The van der Waals surface area contributed by atoms with Crippen molar-refractivity contribution in [3.05, 3.63) is 44.5 Å². The number of aromatic hydroxyl groups is 1. The molecule has 7 nitrogen and oxygen atoms in total. The number of aromatic nitrogens is 2. The normalized spacial score (nSPS) is 22.1. The smallest absolute Gasteiger partial charge is 0.336 e. The Kier molecular flexibility index (Phi) is 5.42. The summed E-state index contributed by atoms with van der Waals surface area (Å²) in [6.45, 7) is 3.29. The minimum atomic E-state index is -0.283. The van der Waals surface area contributed by atoms with Gasteiger partial charge in [0.1, 0.15) is 11.8 Å². The summed E-state index contributed by atoms with van der Waals surface area (Å²) in [5.41, 5.74) is 1.74. The lowest BCUT2D eigenvalue weighted by molar-refractivity contribution is 0.320. The third-order valence-corrected chi connectivity index (χ3v) is 8.17. The van der Waals surface area contributed by atoms with Crippen LogP contribution in [-0.4, -0.2) is 37.3 Å². The zero-order valence-corrected chi connectivity index (χ0v) is 19.5. The maximum atomic E-state index is 13.3. The van der Waals surface area contributed by atoms with Gasteiger partial charge in [-0.25, -0.2) is 9.36 Å². The van der Waals surface area contributed by atoms with Gasteiger partial charge in [0.15, 0.2) is 5.11 Å². The molecule has 1 saturated carbocycles. The van der Waals surface area contributed by atoms with E-state index in [0.717, 1.165) is 13.0 Å². The lowest BCUT2D eigenvalue weighted by atomic mass is 9.89. The number of nitrogens with zero attached hydrogens (tertiary/aromatic N) is 4. The summed E-state index contributed by atoms with van der Waals surface area (Å²) in [4.78, 5) is 15.4. The molecule has 2 aliphatic heterocycles. The Hall–Kier alpha value is -2.50. The van der Waals surface area contributed by atoms with Gasteiger partial charge in [-0.05, 0) is 62.0 Å². The molecule has 0 radical (unpaired) electrons. The summed E-state index contributed by atoms with van der Waals surface area (Å²) in [6.07, 6.45) is 7.17. The Morgan fingerprint density at radius 3 is 2.81 bits per heavy atom. The van der Waals surface area contributed by atoms with Crippen LogP contribution in [0.5, 0.6) is 5.88 Å². The van der Waals surface area contributed by atoms with E-state index >= 15 is 0 Å². The molecule has 5 rings (SSSR count). The van der Waals surface area contributed by atoms with Crippen molar-refractivity contribution in [1.82, 2.24) is 19.4 Å². The van der Waals surface area contributed by atoms with Gasteiger partial charge in [0.2, 0.25) is 5.88 Å². The minimum absolute atomic E-state index is 0.0294. The van der Waals surface area contributed by atoms with Crippen molar-refractivity contribution in [1.29, 1.82) is 5.26 Å². The highest BCUT2D eigenvalue weighted by atomic mass is 35.5. The first-order chi connectivity index (χ1) is 15.4. The predicted octanol–water partition coefficient (Wildman–Crippen LogP) is 3.93. The van der Waals surface area contributed by atoms with Gasteiger partial charge in [-0.15, -0.1) is 0 Å². The molecule has 32 heavy (non-hydrogen) atoms. The van der Waals surface area contributed by atoms with Crippen LogP contribution in [-0.2, 0) is 0 Å². The number of hydrogen-bond donors (Lipinski definition) is 2. The molecule has 168 valence electrons. The first kappa shape index (κ1) is 21.4. The molecule has 3 aliphatic rings. The monoisotopic (exact) mass is 471 g/mol. The van der Waals surface area contributed by atoms with Crippen molar-refractivity contribution in [2.45, 2.75) is 57.5 Å². The fourth-order valence-electron chi connectivity index (χ4n) is 5.62. The van der Waals surface area contributed by atoms with Gasteiger partial charge in [-0.2, -0.15) is 5.26 Å². The number of nitriles is 1. The number of benzene rings is 1. The van der Waals surface area contributed by atoms with E-state index < -0.39 is 0 Å². The predicted molar refractivity (Wildman–Crippen MR) is 126 cm³/mol. The molecule has 2 aromatic rings. The van der Waals surface area contributed by atoms with Gasteiger partial charge < -0.3 is 15.3 Å². The van der Waals surface area contributed by atoms with Crippen LogP contribution in [0, 0.1) is 24.2 Å². The molecule has 2 atom stereocenters. The molecule has 0 unspecified atom stereocenters. The number of halogens is 1. The van der Waals surface area contributed by atoms with Crippen LogP contribution >= 0.6 is 23.8 Å². The van der Waals surface area contributed by atoms with Crippen LogP contribution in [0.2, 0.25) is 5.02 Å². The second-order valence-electron chi connectivity index (χ2n) is 9.13. The van der Waals surface area contributed by atoms with E-state index in [-0.39, 0.29) is 23.7 Å². The molecule has 2 fully saturated rings. The van der Waals surface area contributed by atoms with E-state index in [4.69, 9.17) is 23.8 Å². The number of fused-ring (bicyclic) bond motifs is 5. The standard InChI is InChI=1S/C23H26ClN5O2S/c1-13-17(8-7-15(10-25)19(13)24)29-21(30)20-18-9-16(28(20)23(29)31)12-27(18)22(32)26-11-14-5-3-2-4-6-14/h7-8,14,16,18,30H,2-6,9,11-12H2,1H3,(H,26,32)/t16-,18-/m0/s1. The Labute approximate surface area is 197 Å². The van der Waals surface area contributed by atoms with Crippen LogP contribution in [0.15, 0.2) is 16.9 Å². The molecule has 2 N–H and O–H groups in total. The molecular formula is C23H26ClN5O2S. The zero-order valence-electron chi connectivity index (χ0n) is 18.0.